The average molecular weight is 179 g/mol. The number of likely N-dealkylation sites (tertiary alicyclic amines) is 1. The third-order valence-electron chi connectivity index (χ3n) is 2.72. The van der Waals surface area contributed by atoms with Crippen LogP contribution in [0, 0.1) is 5.92 Å². The lowest BCUT2D eigenvalue weighted by Crippen LogP contribution is -2.33. The third-order valence-corrected chi connectivity index (χ3v) is 2.72. The number of hydrogen-bond donors (Lipinski definition) is 0. The molecule has 0 spiro atoms. The van der Waals surface area contributed by atoms with Crippen LogP contribution in [0.15, 0.2) is 24.3 Å². The monoisotopic (exact) mass is 179 g/mol. The zero-order valence-electron chi connectivity index (χ0n) is 8.92. The molecule has 1 aliphatic heterocycles. The topological polar surface area (TPSA) is 3.24 Å². The van der Waals surface area contributed by atoms with Gasteiger partial charge in [0.1, 0.15) is 0 Å². The van der Waals surface area contributed by atoms with Crippen molar-refractivity contribution in [3.63, 3.8) is 0 Å². The number of nitrogens with zero attached hydrogens (tertiary/aromatic N) is 1. The molecule has 0 atom stereocenters. The first-order chi connectivity index (χ1) is 6.22. The Balaban J connectivity index is 2.25. The van der Waals surface area contributed by atoms with Crippen LogP contribution in [0.5, 0.6) is 0 Å². The molecule has 0 radical (unpaired) electrons. The lowest BCUT2D eigenvalue weighted by molar-refractivity contribution is 0.222. The van der Waals surface area contributed by atoms with E-state index < -0.39 is 0 Å². The summed E-state index contributed by atoms with van der Waals surface area (Å²) >= 11 is 0. The molecule has 1 heterocycles. The molecule has 1 saturated heterocycles. The summed E-state index contributed by atoms with van der Waals surface area (Å²) in [7, 11) is 0. The van der Waals surface area contributed by atoms with Crippen LogP contribution >= 0.6 is 0 Å². The summed E-state index contributed by atoms with van der Waals surface area (Å²) in [6.45, 7) is 11.8. The molecule has 0 aliphatic carbocycles. The van der Waals surface area contributed by atoms with E-state index in [9.17, 15) is 0 Å². The van der Waals surface area contributed by atoms with E-state index in [0.717, 1.165) is 12.5 Å². The molecule has 0 saturated carbocycles. The zero-order valence-corrected chi connectivity index (χ0v) is 8.92. The van der Waals surface area contributed by atoms with Gasteiger partial charge in [0.15, 0.2) is 0 Å². The van der Waals surface area contributed by atoms with Crippen LogP contribution in [0.25, 0.3) is 0 Å². The summed E-state index contributed by atoms with van der Waals surface area (Å²) in [5.41, 5.74) is 1.42. The standard InChI is InChI=1S/C12H21N/c1-4-12-6-9-13(10-7-12)8-5-11(2)3/h4-5,12H,1,6-10H2,2-3H3. The Morgan fingerprint density at radius 3 is 2.46 bits per heavy atom. The van der Waals surface area contributed by atoms with E-state index in [2.05, 4.69) is 37.5 Å². The predicted octanol–water partition coefficient (Wildman–Crippen LogP) is 2.85. The first-order valence-corrected chi connectivity index (χ1v) is 5.20. The van der Waals surface area contributed by atoms with Crippen LogP contribution < -0.4 is 0 Å². The molecule has 1 heteroatoms. The van der Waals surface area contributed by atoms with Crippen molar-refractivity contribution < 1.29 is 0 Å². The molecule has 74 valence electrons. The Labute approximate surface area is 82.1 Å². The Morgan fingerprint density at radius 2 is 2.00 bits per heavy atom. The summed E-state index contributed by atoms with van der Waals surface area (Å²) in [6.07, 6.45) is 7.01. The van der Waals surface area contributed by atoms with Crippen LogP contribution in [-0.4, -0.2) is 24.5 Å². The molecule has 0 aromatic rings. The van der Waals surface area contributed by atoms with Crippen molar-refractivity contribution in [3.8, 4) is 0 Å². The van der Waals surface area contributed by atoms with Gasteiger partial charge in [0.05, 0.1) is 0 Å². The van der Waals surface area contributed by atoms with E-state index in [0.29, 0.717) is 0 Å². The Morgan fingerprint density at radius 1 is 1.38 bits per heavy atom. The molecule has 1 rings (SSSR count). The normalized spacial score (nSPS) is 19.8. The maximum absolute atomic E-state index is 3.85. The van der Waals surface area contributed by atoms with Crippen molar-refractivity contribution in [1.82, 2.24) is 4.90 Å². The van der Waals surface area contributed by atoms with Gasteiger partial charge in [-0.25, -0.2) is 0 Å². The van der Waals surface area contributed by atoms with E-state index >= 15 is 0 Å². The smallest absolute Gasteiger partial charge is 0.0165 e. The van der Waals surface area contributed by atoms with Gasteiger partial charge in [-0.2, -0.15) is 0 Å². The second-order valence-electron chi connectivity index (χ2n) is 4.16. The van der Waals surface area contributed by atoms with E-state index in [1.165, 1.54) is 31.5 Å². The SMILES string of the molecule is C=CC1CCN(CC=C(C)C)CC1. The van der Waals surface area contributed by atoms with Crippen molar-refractivity contribution in [1.29, 1.82) is 0 Å². The fourth-order valence-electron chi connectivity index (χ4n) is 1.68. The van der Waals surface area contributed by atoms with Gasteiger partial charge in [0, 0.05) is 6.54 Å². The highest BCUT2D eigenvalue weighted by Crippen LogP contribution is 2.17. The highest BCUT2D eigenvalue weighted by atomic mass is 15.1. The second-order valence-corrected chi connectivity index (χ2v) is 4.16. The quantitative estimate of drug-likeness (QED) is 0.602. The first-order valence-electron chi connectivity index (χ1n) is 5.20. The number of rotatable bonds is 3. The fourth-order valence-corrected chi connectivity index (χ4v) is 1.68. The predicted molar refractivity (Wildman–Crippen MR) is 58.8 cm³/mol. The van der Waals surface area contributed by atoms with E-state index in [1.807, 2.05) is 0 Å². The Bertz CT molecular complexity index is 181. The molecule has 0 N–H and O–H groups in total. The second kappa shape index (κ2) is 5.23. The zero-order chi connectivity index (χ0) is 9.68. The van der Waals surface area contributed by atoms with Crippen molar-refractivity contribution in [2.75, 3.05) is 19.6 Å². The van der Waals surface area contributed by atoms with Crippen molar-refractivity contribution in [3.05, 3.63) is 24.3 Å². The van der Waals surface area contributed by atoms with Crippen LogP contribution in [0.3, 0.4) is 0 Å². The van der Waals surface area contributed by atoms with Crippen LogP contribution in [0.1, 0.15) is 26.7 Å². The average Bonchev–Trinajstić information content (AvgIpc) is 2.15. The molecular formula is C12H21N. The van der Waals surface area contributed by atoms with Gasteiger partial charge in [-0.1, -0.05) is 17.7 Å². The minimum Gasteiger partial charge on any atom is -0.300 e. The van der Waals surface area contributed by atoms with Crippen molar-refractivity contribution >= 4 is 0 Å². The van der Waals surface area contributed by atoms with Gasteiger partial charge in [-0.05, 0) is 45.7 Å². The first kappa shape index (κ1) is 10.5. The molecule has 0 aromatic heterocycles. The molecule has 0 amide bonds. The van der Waals surface area contributed by atoms with Crippen molar-refractivity contribution in [2.24, 2.45) is 5.92 Å². The molecule has 0 unspecified atom stereocenters. The van der Waals surface area contributed by atoms with E-state index in [-0.39, 0.29) is 0 Å². The van der Waals surface area contributed by atoms with Crippen LogP contribution in [0.2, 0.25) is 0 Å². The molecule has 0 bridgehead atoms. The largest absolute Gasteiger partial charge is 0.300 e. The van der Waals surface area contributed by atoms with Gasteiger partial charge < -0.3 is 0 Å². The maximum Gasteiger partial charge on any atom is 0.0165 e. The highest BCUT2D eigenvalue weighted by molar-refractivity contribution is 4.96. The van der Waals surface area contributed by atoms with Gasteiger partial charge >= 0.3 is 0 Å². The number of hydrogen-bond acceptors (Lipinski definition) is 1. The van der Waals surface area contributed by atoms with Crippen LogP contribution in [-0.2, 0) is 0 Å². The molecule has 0 aromatic carbocycles. The Kier molecular flexibility index (Phi) is 4.23. The van der Waals surface area contributed by atoms with E-state index in [4.69, 9.17) is 0 Å². The summed E-state index contributed by atoms with van der Waals surface area (Å²) < 4.78 is 0. The van der Waals surface area contributed by atoms with Gasteiger partial charge in [0.25, 0.3) is 0 Å². The lowest BCUT2D eigenvalue weighted by atomic mass is 9.97. The third kappa shape index (κ3) is 3.77. The summed E-state index contributed by atoms with van der Waals surface area (Å²) in [4.78, 5) is 2.52. The molecule has 13 heavy (non-hydrogen) atoms. The van der Waals surface area contributed by atoms with Gasteiger partial charge in [-0.15, -0.1) is 6.58 Å². The minimum atomic E-state index is 0.767. The molecule has 1 nitrogen and oxygen atoms in total. The molecule has 1 aliphatic rings. The summed E-state index contributed by atoms with van der Waals surface area (Å²) in [5.74, 6) is 0.767. The summed E-state index contributed by atoms with van der Waals surface area (Å²) in [5, 5.41) is 0. The fraction of sp³-hybridized carbons (Fsp3) is 0.667. The molecular weight excluding hydrogens is 158 g/mol. The highest BCUT2D eigenvalue weighted by Gasteiger charge is 2.15. The minimum absolute atomic E-state index is 0.767. The van der Waals surface area contributed by atoms with E-state index in [1.54, 1.807) is 0 Å². The number of piperidine rings is 1. The van der Waals surface area contributed by atoms with Gasteiger partial charge in [0.2, 0.25) is 0 Å². The lowest BCUT2D eigenvalue weighted by Gasteiger charge is -2.29. The van der Waals surface area contributed by atoms with Crippen LogP contribution in [0.4, 0.5) is 0 Å². The van der Waals surface area contributed by atoms with Crippen molar-refractivity contribution in [2.45, 2.75) is 26.7 Å². The maximum atomic E-state index is 3.85. The Hall–Kier alpha value is -0.560. The number of allylic oxidation sites excluding steroid dienone is 2. The van der Waals surface area contributed by atoms with Gasteiger partial charge in [-0.3, -0.25) is 4.90 Å². The summed E-state index contributed by atoms with van der Waals surface area (Å²) in [6, 6.07) is 0. The molecule has 1 fully saturated rings.